The topological polar surface area (TPSA) is 42.9 Å². The minimum atomic E-state index is 0.424. The molecular formula is C16H13N3O. The summed E-state index contributed by atoms with van der Waals surface area (Å²) < 4.78 is 9.76. The van der Waals surface area contributed by atoms with Crippen molar-refractivity contribution >= 4 is 0 Å². The van der Waals surface area contributed by atoms with Crippen molar-refractivity contribution in [1.29, 1.82) is 5.41 Å². The number of aryl methyl sites for hydroxylation is 1. The molecule has 1 aliphatic rings. The number of ether oxygens (including phenoxy) is 1. The van der Waals surface area contributed by atoms with E-state index in [1.165, 1.54) is 0 Å². The number of nitrogens with zero attached hydrogens (tertiary/aromatic N) is 2. The Kier molecular flexibility index (Phi) is 2.15. The molecule has 4 nitrogen and oxygen atoms in total. The molecule has 3 aromatic rings. The van der Waals surface area contributed by atoms with E-state index >= 15 is 0 Å². The summed E-state index contributed by atoms with van der Waals surface area (Å²) in [4.78, 5) is 0. The van der Waals surface area contributed by atoms with Gasteiger partial charge in [-0.05, 0) is 24.3 Å². The molecule has 0 saturated carbocycles. The van der Waals surface area contributed by atoms with Crippen molar-refractivity contribution < 1.29 is 4.74 Å². The molecule has 0 unspecified atom stereocenters. The zero-order chi connectivity index (χ0) is 13.7. The van der Waals surface area contributed by atoms with E-state index in [4.69, 9.17) is 10.1 Å². The highest BCUT2D eigenvalue weighted by molar-refractivity contribution is 5.72. The quantitative estimate of drug-likeness (QED) is 0.520. The number of nitrogens with one attached hydrogen (secondary N) is 1. The molecule has 1 aliphatic heterocycles. The fourth-order valence-electron chi connectivity index (χ4n) is 2.62. The molecule has 4 heteroatoms. The average Bonchev–Trinajstić information content (AvgIpc) is 2.68. The lowest BCUT2D eigenvalue weighted by Crippen LogP contribution is -2.21. The Bertz CT molecular complexity index is 873. The molecule has 98 valence electrons. The minimum absolute atomic E-state index is 0.424. The van der Waals surface area contributed by atoms with Gasteiger partial charge in [-0.2, -0.15) is 0 Å². The van der Waals surface area contributed by atoms with Gasteiger partial charge in [-0.3, -0.25) is 9.98 Å². The molecule has 0 spiro atoms. The summed E-state index contributed by atoms with van der Waals surface area (Å²) in [5, 5.41) is 8.29. The molecule has 4 rings (SSSR count). The molecule has 1 N–H and O–H groups in total. The molecule has 2 heterocycles. The summed E-state index contributed by atoms with van der Waals surface area (Å²) >= 11 is 0. The Morgan fingerprint density at radius 3 is 2.50 bits per heavy atom. The first-order chi connectivity index (χ1) is 9.75. The van der Waals surface area contributed by atoms with E-state index in [1.807, 2.05) is 70.9 Å². The summed E-state index contributed by atoms with van der Waals surface area (Å²) in [5.74, 6) is 1.58. The second-order valence-electron chi connectivity index (χ2n) is 4.85. The van der Waals surface area contributed by atoms with Crippen LogP contribution in [0.5, 0.6) is 11.5 Å². The molecule has 0 bridgehead atoms. The Labute approximate surface area is 116 Å². The predicted octanol–water partition coefficient (Wildman–Crippen LogP) is 3.07. The maximum atomic E-state index is 8.29. The first-order valence-corrected chi connectivity index (χ1v) is 6.45. The van der Waals surface area contributed by atoms with Crippen molar-refractivity contribution in [2.45, 2.75) is 0 Å². The van der Waals surface area contributed by atoms with E-state index in [1.54, 1.807) is 0 Å². The molecule has 2 aromatic carbocycles. The summed E-state index contributed by atoms with van der Waals surface area (Å²) in [7, 11) is 1.88. The number of rotatable bonds is 0. The lowest BCUT2D eigenvalue weighted by molar-refractivity contribution is 0.484. The summed E-state index contributed by atoms with van der Waals surface area (Å²) in [6.07, 6.45) is 1.96. The van der Waals surface area contributed by atoms with Gasteiger partial charge >= 0.3 is 0 Å². The monoisotopic (exact) mass is 263 g/mol. The number of fused-ring (bicyclic) bond motifs is 5. The molecule has 1 aromatic heterocycles. The minimum Gasteiger partial charge on any atom is -0.454 e. The molecule has 0 atom stereocenters. The summed E-state index contributed by atoms with van der Waals surface area (Å²) in [6.45, 7) is 0. The van der Waals surface area contributed by atoms with Gasteiger partial charge in [0.1, 0.15) is 5.75 Å². The average molecular weight is 263 g/mol. The highest BCUT2D eigenvalue weighted by Crippen LogP contribution is 2.39. The molecular weight excluding hydrogens is 250 g/mol. The first kappa shape index (κ1) is 11.1. The van der Waals surface area contributed by atoms with Crippen molar-refractivity contribution in [3.8, 4) is 28.4 Å². The Hall–Kier alpha value is -2.75. The fourth-order valence-corrected chi connectivity index (χ4v) is 2.62. The van der Waals surface area contributed by atoms with Gasteiger partial charge < -0.3 is 9.30 Å². The van der Waals surface area contributed by atoms with Crippen LogP contribution >= 0.6 is 0 Å². The van der Waals surface area contributed by atoms with Crippen LogP contribution in [0.25, 0.3) is 16.9 Å². The van der Waals surface area contributed by atoms with Gasteiger partial charge in [0.15, 0.2) is 5.75 Å². The lowest BCUT2D eigenvalue weighted by Gasteiger charge is -2.08. The van der Waals surface area contributed by atoms with E-state index < -0.39 is 0 Å². The van der Waals surface area contributed by atoms with Gasteiger partial charge in [-0.1, -0.05) is 24.3 Å². The molecule has 20 heavy (non-hydrogen) atoms. The third kappa shape index (κ3) is 1.39. The van der Waals surface area contributed by atoms with Crippen LogP contribution in [0.3, 0.4) is 0 Å². The van der Waals surface area contributed by atoms with Crippen molar-refractivity contribution in [2.24, 2.45) is 7.05 Å². The molecule has 0 saturated heterocycles. The normalized spacial score (nSPS) is 11.8. The molecule has 0 radical (unpaired) electrons. The van der Waals surface area contributed by atoms with E-state index in [2.05, 4.69) is 0 Å². The number of imidazole rings is 1. The highest BCUT2D eigenvalue weighted by Gasteiger charge is 2.21. The zero-order valence-electron chi connectivity index (χ0n) is 11.0. The standard InChI is InChI=1S/C16H13N3O/c1-18-10-13-11-6-2-4-8-14(11)20-15-9-5-3-7-12(15)19(13)16(18)17/h2-10,17H,1H3. The number of hydrogen-bond donors (Lipinski definition) is 1. The molecule has 0 fully saturated rings. The van der Waals surface area contributed by atoms with E-state index in [0.29, 0.717) is 5.62 Å². The third-order valence-corrected chi connectivity index (χ3v) is 3.59. The number of benzene rings is 2. The van der Waals surface area contributed by atoms with Gasteiger partial charge in [-0.25, -0.2) is 0 Å². The molecule has 0 amide bonds. The Morgan fingerprint density at radius 2 is 1.65 bits per heavy atom. The van der Waals surface area contributed by atoms with Gasteiger partial charge in [0.25, 0.3) is 0 Å². The van der Waals surface area contributed by atoms with Crippen LogP contribution < -0.4 is 10.4 Å². The number of para-hydroxylation sites is 3. The third-order valence-electron chi connectivity index (χ3n) is 3.59. The van der Waals surface area contributed by atoms with E-state index in [-0.39, 0.29) is 0 Å². The van der Waals surface area contributed by atoms with Crippen LogP contribution in [0.15, 0.2) is 54.7 Å². The van der Waals surface area contributed by atoms with Crippen LogP contribution in [0.1, 0.15) is 0 Å². The Morgan fingerprint density at radius 1 is 0.950 bits per heavy atom. The van der Waals surface area contributed by atoms with Crippen LogP contribution in [-0.4, -0.2) is 9.13 Å². The molecule has 0 aliphatic carbocycles. The maximum Gasteiger partial charge on any atom is 0.207 e. The summed E-state index contributed by atoms with van der Waals surface area (Å²) in [6, 6.07) is 15.7. The number of aromatic nitrogens is 2. The first-order valence-electron chi connectivity index (χ1n) is 6.45. The van der Waals surface area contributed by atoms with Gasteiger partial charge in [0.05, 0.1) is 11.4 Å². The summed E-state index contributed by atoms with van der Waals surface area (Å²) in [5.41, 5.74) is 3.29. The van der Waals surface area contributed by atoms with Crippen LogP contribution in [0.2, 0.25) is 0 Å². The SMILES string of the molecule is Cn1cc2n(c1=N)-c1ccccc1Oc1ccccc1-2. The fraction of sp³-hybridized carbons (Fsp3) is 0.0625. The zero-order valence-corrected chi connectivity index (χ0v) is 11.0. The van der Waals surface area contributed by atoms with Crippen molar-refractivity contribution in [3.05, 3.63) is 60.3 Å². The smallest absolute Gasteiger partial charge is 0.207 e. The number of hydrogen-bond acceptors (Lipinski definition) is 2. The van der Waals surface area contributed by atoms with E-state index in [0.717, 1.165) is 28.4 Å². The van der Waals surface area contributed by atoms with Crippen molar-refractivity contribution in [2.75, 3.05) is 0 Å². The van der Waals surface area contributed by atoms with Crippen LogP contribution in [0, 0.1) is 5.41 Å². The lowest BCUT2D eigenvalue weighted by atomic mass is 10.1. The van der Waals surface area contributed by atoms with Crippen LogP contribution in [-0.2, 0) is 7.05 Å². The van der Waals surface area contributed by atoms with Crippen molar-refractivity contribution in [3.63, 3.8) is 0 Å². The van der Waals surface area contributed by atoms with Crippen molar-refractivity contribution in [1.82, 2.24) is 9.13 Å². The van der Waals surface area contributed by atoms with E-state index in [9.17, 15) is 0 Å². The second kappa shape index (κ2) is 3.87. The Balaban J connectivity index is 2.19. The maximum absolute atomic E-state index is 8.29. The predicted molar refractivity (Wildman–Crippen MR) is 76.1 cm³/mol. The van der Waals surface area contributed by atoms with Gasteiger partial charge in [0.2, 0.25) is 5.62 Å². The van der Waals surface area contributed by atoms with Gasteiger partial charge in [0, 0.05) is 18.8 Å². The highest BCUT2D eigenvalue weighted by atomic mass is 16.5. The largest absolute Gasteiger partial charge is 0.454 e. The van der Waals surface area contributed by atoms with Crippen LogP contribution in [0.4, 0.5) is 0 Å². The second-order valence-corrected chi connectivity index (χ2v) is 4.85. The van der Waals surface area contributed by atoms with Gasteiger partial charge in [-0.15, -0.1) is 0 Å².